The smallest absolute Gasteiger partial charge is 0.409 e. The molecule has 1 saturated heterocycles. The highest BCUT2D eigenvalue weighted by atomic mass is 32.2. The molecule has 1 aromatic carbocycles. The van der Waals surface area contributed by atoms with Gasteiger partial charge in [-0.05, 0) is 26.0 Å². The maximum atomic E-state index is 12.4. The molecule has 1 aliphatic heterocycles. The maximum Gasteiger partial charge on any atom is 0.409 e. The van der Waals surface area contributed by atoms with Crippen LogP contribution in [0, 0.1) is 0 Å². The standard InChI is InChI=1S/C18H24N4O4S/c1-3-25-13-5-6-14-15(11-13)20-17(19-14)27-12-16(23)21-7-9-22(10-8-21)18(24)26-4-2/h5-6,11H,3-4,7-10,12H2,1-2H3,(H,19,20). The van der Waals surface area contributed by atoms with E-state index < -0.39 is 0 Å². The number of rotatable bonds is 6. The third-order valence-electron chi connectivity index (χ3n) is 4.23. The van der Waals surface area contributed by atoms with E-state index in [4.69, 9.17) is 9.47 Å². The minimum atomic E-state index is -0.312. The van der Waals surface area contributed by atoms with Gasteiger partial charge in [0.1, 0.15) is 5.75 Å². The number of benzene rings is 1. The lowest BCUT2D eigenvalue weighted by Gasteiger charge is -2.33. The second-order valence-electron chi connectivity index (χ2n) is 6.01. The van der Waals surface area contributed by atoms with Crippen molar-refractivity contribution >= 4 is 34.8 Å². The topological polar surface area (TPSA) is 87.8 Å². The van der Waals surface area contributed by atoms with Gasteiger partial charge in [-0.25, -0.2) is 9.78 Å². The fraction of sp³-hybridized carbons (Fsp3) is 0.500. The molecule has 0 bridgehead atoms. The summed E-state index contributed by atoms with van der Waals surface area (Å²) in [7, 11) is 0. The highest BCUT2D eigenvalue weighted by Crippen LogP contribution is 2.23. The number of hydrogen-bond acceptors (Lipinski definition) is 6. The van der Waals surface area contributed by atoms with Crippen LogP contribution in [-0.4, -0.2) is 76.9 Å². The number of thioether (sulfide) groups is 1. The molecule has 0 atom stereocenters. The number of hydrogen-bond donors (Lipinski definition) is 1. The van der Waals surface area contributed by atoms with E-state index in [2.05, 4.69) is 9.97 Å². The highest BCUT2D eigenvalue weighted by molar-refractivity contribution is 7.99. The zero-order chi connectivity index (χ0) is 19.2. The van der Waals surface area contributed by atoms with E-state index in [1.54, 1.807) is 16.7 Å². The third kappa shape index (κ3) is 4.85. The molecule has 9 heteroatoms. The number of aromatic nitrogens is 2. The first kappa shape index (κ1) is 19.3. The van der Waals surface area contributed by atoms with Crippen LogP contribution in [0.15, 0.2) is 23.4 Å². The SMILES string of the molecule is CCOC(=O)N1CCN(C(=O)CSc2nc3ccc(OCC)cc3[nH]2)CC1. The largest absolute Gasteiger partial charge is 0.494 e. The Balaban J connectivity index is 1.51. The van der Waals surface area contributed by atoms with Gasteiger partial charge in [-0.15, -0.1) is 0 Å². The molecular weight excluding hydrogens is 368 g/mol. The molecule has 0 unspecified atom stereocenters. The Kier molecular flexibility index (Phi) is 6.44. The lowest BCUT2D eigenvalue weighted by Crippen LogP contribution is -2.51. The number of nitrogens with one attached hydrogen (secondary N) is 1. The molecule has 8 nitrogen and oxygen atoms in total. The van der Waals surface area contributed by atoms with E-state index in [1.165, 1.54) is 11.8 Å². The molecule has 0 spiro atoms. The summed E-state index contributed by atoms with van der Waals surface area (Å²) in [6, 6.07) is 5.69. The van der Waals surface area contributed by atoms with Crippen LogP contribution < -0.4 is 4.74 Å². The number of nitrogens with zero attached hydrogens (tertiary/aromatic N) is 3. The minimum Gasteiger partial charge on any atom is -0.494 e. The van der Waals surface area contributed by atoms with Crippen LogP contribution in [0.4, 0.5) is 4.79 Å². The van der Waals surface area contributed by atoms with Crippen LogP contribution in [0.1, 0.15) is 13.8 Å². The van der Waals surface area contributed by atoms with Crippen LogP contribution in [0.25, 0.3) is 11.0 Å². The molecule has 27 heavy (non-hydrogen) atoms. The summed E-state index contributed by atoms with van der Waals surface area (Å²) in [6.45, 7) is 6.74. The van der Waals surface area contributed by atoms with Gasteiger partial charge in [-0.3, -0.25) is 4.79 Å². The quantitative estimate of drug-likeness (QED) is 0.760. The summed E-state index contributed by atoms with van der Waals surface area (Å²) in [5.74, 6) is 1.14. The molecule has 2 amide bonds. The second-order valence-corrected chi connectivity index (χ2v) is 6.97. The highest BCUT2D eigenvalue weighted by Gasteiger charge is 2.24. The summed E-state index contributed by atoms with van der Waals surface area (Å²) >= 11 is 1.38. The number of fused-ring (bicyclic) bond motifs is 1. The van der Waals surface area contributed by atoms with Gasteiger partial charge in [0.15, 0.2) is 5.16 Å². The first-order chi connectivity index (χ1) is 13.1. The number of H-pyrrole nitrogens is 1. The van der Waals surface area contributed by atoms with Crippen molar-refractivity contribution in [2.75, 3.05) is 45.1 Å². The Labute approximate surface area is 162 Å². The molecular formula is C18H24N4O4S. The van der Waals surface area contributed by atoms with Crippen molar-refractivity contribution in [3.63, 3.8) is 0 Å². The Morgan fingerprint density at radius 1 is 1.15 bits per heavy atom. The zero-order valence-electron chi connectivity index (χ0n) is 15.6. The molecule has 1 aromatic heterocycles. The minimum absolute atomic E-state index is 0.0407. The van der Waals surface area contributed by atoms with Crippen LogP contribution in [0.5, 0.6) is 5.75 Å². The molecule has 0 aliphatic carbocycles. The molecule has 3 rings (SSSR count). The van der Waals surface area contributed by atoms with Crippen LogP contribution in [-0.2, 0) is 9.53 Å². The van der Waals surface area contributed by atoms with E-state index in [0.29, 0.717) is 50.3 Å². The van der Waals surface area contributed by atoms with Crippen molar-refractivity contribution in [2.45, 2.75) is 19.0 Å². The summed E-state index contributed by atoms with van der Waals surface area (Å²) in [5, 5.41) is 0.706. The lowest BCUT2D eigenvalue weighted by atomic mass is 10.3. The average Bonchev–Trinajstić information content (AvgIpc) is 3.09. The molecule has 1 fully saturated rings. The van der Waals surface area contributed by atoms with E-state index in [-0.39, 0.29) is 12.0 Å². The second kappa shape index (κ2) is 8.98. The molecule has 146 valence electrons. The first-order valence-electron chi connectivity index (χ1n) is 9.05. The number of carbonyl (C=O) groups excluding carboxylic acids is 2. The van der Waals surface area contributed by atoms with Gasteiger partial charge >= 0.3 is 6.09 Å². The van der Waals surface area contributed by atoms with Crippen molar-refractivity contribution in [2.24, 2.45) is 0 Å². The van der Waals surface area contributed by atoms with Gasteiger partial charge in [0.05, 0.1) is 30.0 Å². The van der Waals surface area contributed by atoms with E-state index >= 15 is 0 Å². The van der Waals surface area contributed by atoms with Crippen molar-refractivity contribution in [1.82, 2.24) is 19.8 Å². The monoisotopic (exact) mass is 392 g/mol. The number of aromatic amines is 1. The Hall–Kier alpha value is -2.42. The molecule has 1 aliphatic rings. The van der Waals surface area contributed by atoms with E-state index in [1.807, 2.05) is 25.1 Å². The summed E-state index contributed by atoms with van der Waals surface area (Å²) in [5.41, 5.74) is 1.73. The lowest BCUT2D eigenvalue weighted by molar-refractivity contribution is -0.129. The normalized spacial score (nSPS) is 14.4. The Bertz CT molecular complexity index is 802. The first-order valence-corrected chi connectivity index (χ1v) is 10.0. The van der Waals surface area contributed by atoms with Crippen LogP contribution in [0.2, 0.25) is 0 Å². The number of piperazine rings is 1. The van der Waals surface area contributed by atoms with Gasteiger partial charge < -0.3 is 24.3 Å². The molecule has 0 radical (unpaired) electrons. The third-order valence-corrected chi connectivity index (χ3v) is 5.09. The predicted molar refractivity (Wildman–Crippen MR) is 103 cm³/mol. The zero-order valence-corrected chi connectivity index (χ0v) is 16.4. The van der Waals surface area contributed by atoms with Crippen molar-refractivity contribution in [1.29, 1.82) is 0 Å². The van der Waals surface area contributed by atoms with E-state index in [0.717, 1.165) is 16.8 Å². The van der Waals surface area contributed by atoms with Gasteiger partial charge in [-0.2, -0.15) is 0 Å². The van der Waals surface area contributed by atoms with Crippen molar-refractivity contribution < 1.29 is 19.1 Å². The van der Waals surface area contributed by atoms with E-state index in [9.17, 15) is 9.59 Å². The number of carbonyl (C=O) groups is 2. The Morgan fingerprint density at radius 2 is 1.89 bits per heavy atom. The predicted octanol–water partition coefficient (Wildman–Crippen LogP) is 2.35. The Morgan fingerprint density at radius 3 is 2.59 bits per heavy atom. The van der Waals surface area contributed by atoms with Gasteiger partial charge in [0.25, 0.3) is 0 Å². The fourth-order valence-corrected chi connectivity index (χ4v) is 3.65. The molecule has 2 heterocycles. The molecule has 2 aromatic rings. The summed E-state index contributed by atoms with van der Waals surface area (Å²) in [4.78, 5) is 35.3. The van der Waals surface area contributed by atoms with Gasteiger partial charge in [0, 0.05) is 32.2 Å². The van der Waals surface area contributed by atoms with Crippen molar-refractivity contribution in [3.05, 3.63) is 18.2 Å². The summed E-state index contributed by atoms with van der Waals surface area (Å²) in [6.07, 6.45) is -0.312. The van der Waals surface area contributed by atoms with Gasteiger partial charge in [-0.1, -0.05) is 11.8 Å². The molecule has 1 N–H and O–H groups in total. The van der Waals surface area contributed by atoms with Crippen LogP contribution in [0.3, 0.4) is 0 Å². The average molecular weight is 392 g/mol. The summed E-state index contributed by atoms with van der Waals surface area (Å²) < 4.78 is 10.5. The number of ether oxygens (including phenoxy) is 2. The molecule has 0 saturated carbocycles. The number of imidazole rings is 1. The maximum absolute atomic E-state index is 12.4. The van der Waals surface area contributed by atoms with Crippen LogP contribution >= 0.6 is 11.8 Å². The number of amides is 2. The van der Waals surface area contributed by atoms with Crippen molar-refractivity contribution in [3.8, 4) is 5.75 Å². The fourth-order valence-electron chi connectivity index (χ4n) is 2.86. The van der Waals surface area contributed by atoms with Gasteiger partial charge in [0.2, 0.25) is 5.91 Å².